The minimum absolute atomic E-state index is 0.659. The molecular formula is C13H16N2O2. The first-order valence-corrected chi connectivity index (χ1v) is 5.64. The number of benzene rings is 1. The summed E-state index contributed by atoms with van der Waals surface area (Å²) in [6.07, 6.45) is 3.07. The summed E-state index contributed by atoms with van der Waals surface area (Å²) in [5.74, 6) is 0. The van der Waals surface area contributed by atoms with Crippen molar-refractivity contribution in [2.75, 3.05) is 13.2 Å². The molecule has 0 saturated heterocycles. The first kappa shape index (κ1) is 11.8. The van der Waals surface area contributed by atoms with Crippen LogP contribution in [-0.2, 0) is 17.9 Å². The zero-order valence-corrected chi connectivity index (χ0v) is 9.63. The highest BCUT2D eigenvalue weighted by molar-refractivity contribution is 5.13. The molecule has 0 fully saturated rings. The first-order valence-electron chi connectivity index (χ1n) is 5.64. The van der Waals surface area contributed by atoms with Crippen LogP contribution in [0.2, 0.25) is 0 Å². The smallest absolute Gasteiger partial charge is 0.180 e. The lowest BCUT2D eigenvalue weighted by Crippen LogP contribution is -2.19. The fourth-order valence-electron chi connectivity index (χ4n) is 1.45. The van der Waals surface area contributed by atoms with Gasteiger partial charge in [0.15, 0.2) is 6.39 Å². The number of oxazole rings is 1. The Labute approximate surface area is 101 Å². The Morgan fingerprint density at radius 2 is 2.12 bits per heavy atom. The van der Waals surface area contributed by atoms with Crippen molar-refractivity contribution < 1.29 is 9.15 Å². The highest BCUT2D eigenvalue weighted by Crippen LogP contribution is 1.99. The molecule has 0 bridgehead atoms. The van der Waals surface area contributed by atoms with Gasteiger partial charge in [-0.3, -0.25) is 0 Å². The van der Waals surface area contributed by atoms with Crippen LogP contribution in [0.1, 0.15) is 11.3 Å². The van der Waals surface area contributed by atoms with E-state index in [1.807, 2.05) is 18.2 Å². The van der Waals surface area contributed by atoms with Gasteiger partial charge < -0.3 is 14.5 Å². The molecular weight excluding hydrogens is 216 g/mol. The Kier molecular flexibility index (Phi) is 4.75. The van der Waals surface area contributed by atoms with E-state index in [0.29, 0.717) is 19.8 Å². The molecule has 0 amide bonds. The van der Waals surface area contributed by atoms with Gasteiger partial charge in [0.2, 0.25) is 0 Å². The molecule has 4 heteroatoms. The molecule has 90 valence electrons. The molecule has 0 radical (unpaired) electrons. The van der Waals surface area contributed by atoms with Gasteiger partial charge in [0.25, 0.3) is 0 Å². The van der Waals surface area contributed by atoms with Crippen molar-refractivity contribution in [3.8, 4) is 0 Å². The molecule has 4 nitrogen and oxygen atoms in total. The number of hydrogen-bond acceptors (Lipinski definition) is 4. The van der Waals surface area contributed by atoms with E-state index in [4.69, 9.17) is 9.15 Å². The Morgan fingerprint density at radius 3 is 2.88 bits per heavy atom. The maximum Gasteiger partial charge on any atom is 0.180 e. The van der Waals surface area contributed by atoms with E-state index in [1.54, 1.807) is 6.26 Å². The summed E-state index contributed by atoms with van der Waals surface area (Å²) in [6.45, 7) is 2.87. The van der Waals surface area contributed by atoms with Gasteiger partial charge in [0, 0.05) is 13.1 Å². The summed E-state index contributed by atoms with van der Waals surface area (Å²) in [5.41, 5.74) is 2.11. The molecule has 0 aliphatic carbocycles. The predicted octanol–water partition coefficient (Wildman–Crippen LogP) is 1.98. The number of ether oxygens (including phenoxy) is 1. The summed E-state index contributed by atoms with van der Waals surface area (Å²) in [4.78, 5) is 4.01. The summed E-state index contributed by atoms with van der Waals surface area (Å²) in [7, 11) is 0. The van der Waals surface area contributed by atoms with Gasteiger partial charge >= 0.3 is 0 Å². The third kappa shape index (κ3) is 4.38. The molecule has 0 unspecified atom stereocenters. The summed E-state index contributed by atoms with van der Waals surface area (Å²) >= 11 is 0. The average molecular weight is 232 g/mol. The first-order chi connectivity index (χ1) is 8.45. The van der Waals surface area contributed by atoms with Crippen LogP contribution in [0.5, 0.6) is 0 Å². The van der Waals surface area contributed by atoms with E-state index in [1.165, 1.54) is 12.0 Å². The summed E-state index contributed by atoms with van der Waals surface area (Å²) in [5, 5.41) is 3.23. The SMILES string of the molecule is c1ccc(COCCNCc2cocn2)cc1. The van der Waals surface area contributed by atoms with Crippen LogP contribution in [0, 0.1) is 0 Å². The lowest BCUT2D eigenvalue weighted by Gasteiger charge is -2.05. The van der Waals surface area contributed by atoms with Gasteiger partial charge in [-0.15, -0.1) is 0 Å². The Balaban J connectivity index is 1.52. The molecule has 17 heavy (non-hydrogen) atoms. The highest BCUT2D eigenvalue weighted by atomic mass is 16.5. The van der Waals surface area contributed by atoms with E-state index in [9.17, 15) is 0 Å². The number of aromatic nitrogens is 1. The zero-order chi connectivity index (χ0) is 11.8. The predicted molar refractivity (Wildman–Crippen MR) is 64.3 cm³/mol. The van der Waals surface area contributed by atoms with Crippen molar-refractivity contribution in [1.82, 2.24) is 10.3 Å². The maximum absolute atomic E-state index is 5.53. The van der Waals surface area contributed by atoms with Crippen molar-refractivity contribution in [3.05, 3.63) is 54.2 Å². The van der Waals surface area contributed by atoms with Gasteiger partial charge in [-0.1, -0.05) is 30.3 Å². The number of nitrogens with one attached hydrogen (secondary N) is 1. The van der Waals surface area contributed by atoms with Crippen molar-refractivity contribution in [2.45, 2.75) is 13.2 Å². The fourth-order valence-corrected chi connectivity index (χ4v) is 1.45. The molecule has 0 aliphatic heterocycles. The Hall–Kier alpha value is -1.65. The topological polar surface area (TPSA) is 47.3 Å². The van der Waals surface area contributed by atoms with E-state index in [2.05, 4.69) is 22.4 Å². The third-order valence-electron chi connectivity index (χ3n) is 2.32. The van der Waals surface area contributed by atoms with Crippen LogP contribution in [0.25, 0.3) is 0 Å². The summed E-state index contributed by atoms with van der Waals surface area (Å²) in [6, 6.07) is 10.2. The molecule has 2 aromatic rings. The van der Waals surface area contributed by atoms with Gasteiger partial charge in [0.1, 0.15) is 6.26 Å². The van der Waals surface area contributed by atoms with Crippen molar-refractivity contribution in [1.29, 1.82) is 0 Å². The Bertz CT molecular complexity index is 401. The zero-order valence-electron chi connectivity index (χ0n) is 9.63. The highest BCUT2D eigenvalue weighted by Gasteiger charge is 1.95. The minimum Gasteiger partial charge on any atom is -0.451 e. The van der Waals surface area contributed by atoms with Gasteiger partial charge in [-0.25, -0.2) is 4.98 Å². The molecule has 0 saturated carbocycles. The second-order valence-corrected chi connectivity index (χ2v) is 3.69. The largest absolute Gasteiger partial charge is 0.451 e. The Morgan fingerprint density at radius 1 is 1.24 bits per heavy atom. The maximum atomic E-state index is 5.53. The van der Waals surface area contributed by atoms with E-state index < -0.39 is 0 Å². The molecule has 0 atom stereocenters. The van der Waals surface area contributed by atoms with Crippen LogP contribution in [0.3, 0.4) is 0 Å². The second kappa shape index (κ2) is 6.83. The van der Waals surface area contributed by atoms with Gasteiger partial charge in [-0.05, 0) is 5.56 Å². The van der Waals surface area contributed by atoms with Gasteiger partial charge in [-0.2, -0.15) is 0 Å². The quantitative estimate of drug-likeness (QED) is 0.741. The van der Waals surface area contributed by atoms with Gasteiger partial charge in [0.05, 0.1) is 18.9 Å². The normalized spacial score (nSPS) is 10.6. The fraction of sp³-hybridized carbons (Fsp3) is 0.308. The molecule has 1 N–H and O–H groups in total. The average Bonchev–Trinajstić information content (AvgIpc) is 2.88. The van der Waals surface area contributed by atoms with Crippen molar-refractivity contribution >= 4 is 0 Å². The van der Waals surface area contributed by atoms with E-state index >= 15 is 0 Å². The lowest BCUT2D eigenvalue weighted by atomic mass is 10.2. The van der Waals surface area contributed by atoms with Crippen LogP contribution < -0.4 is 5.32 Å². The molecule has 0 aliphatic rings. The van der Waals surface area contributed by atoms with Crippen LogP contribution in [0.15, 0.2) is 47.4 Å². The van der Waals surface area contributed by atoms with E-state index in [-0.39, 0.29) is 0 Å². The molecule has 1 heterocycles. The standard InChI is InChI=1S/C13H16N2O2/c1-2-4-12(5-3-1)9-16-7-6-14-8-13-10-17-11-15-13/h1-5,10-11,14H,6-9H2. The number of nitrogens with zero attached hydrogens (tertiary/aromatic N) is 1. The van der Waals surface area contributed by atoms with Crippen LogP contribution >= 0.6 is 0 Å². The van der Waals surface area contributed by atoms with Crippen LogP contribution in [-0.4, -0.2) is 18.1 Å². The number of hydrogen-bond donors (Lipinski definition) is 1. The third-order valence-corrected chi connectivity index (χ3v) is 2.32. The van der Waals surface area contributed by atoms with E-state index in [0.717, 1.165) is 12.2 Å². The van der Waals surface area contributed by atoms with Crippen molar-refractivity contribution in [3.63, 3.8) is 0 Å². The minimum atomic E-state index is 0.659. The van der Waals surface area contributed by atoms with Crippen LogP contribution in [0.4, 0.5) is 0 Å². The molecule has 1 aromatic carbocycles. The molecule has 2 rings (SSSR count). The molecule has 1 aromatic heterocycles. The molecule has 0 spiro atoms. The summed E-state index contributed by atoms with van der Waals surface area (Å²) < 4.78 is 10.4. The van der Waals surface area contributed by atoms with Crippen molar-refractivity contribution in [2.24, 2.45) is 0 Å². The lowest BCUT2D eigenvalue weighted by molar-refractivity contribution is 0.122. The second-order valence-electron chi connectivity index (χ2n) is 3.69. The number of rotatable bonds is 7. The monoisotopic (exact) mass is 232 g/mol.